The minimum absolute atomic E-state index is 0.748. The third-order valence-electron chi connectivity index (χ3n) is 3.14. The maximum Gasteiger partial charge on any atom is 0.0193 e. The highest BCUT2D eigenvalue weighted by Crippen LogP contribution is 2.18. The summed E-state index contributed by atoms with van der Waals surface area (Å²) >= 11 is 0. The van der Waals surface area contributed by atoms with E-state index in [1.807, 2.05) is 0 Å². The Morgan fingerprint density at radius 1 is 1.19 bits per heavy atom. The average Bonchev–Trinajstić information content (AvgIpc) is 2.27. The van der Waals surface area contributed by atoms with Gasteiger partial charge in [0, 0.05) is 6.54 Å². The van der Waals surface area contributed by atoms with Gasteiger partial charge in [0.1, 0.15) is 0 Å². The van der Waals surface area contributed by atoms with Gasteiger partial charge in [-0.05, 0) is 52.6 Å². The van der Waals surface area contributed by atoms with Crippen molar-refractivity contribution >= 4 is 0 Å². The lowest BCUT2D eigenvalue weighted by Crippen LogP contribution is -2.34. The molecule has 1 rings (SSSR count). The molecule has 1 heteroatoms. The molecule has 0 saturated carbocycles. The second-order valence-corrected chi connectivity index (χ2v) is 5.11. The van der Waals surface area contributed by atoms with E-state index in [9.17, 15) is 0 Å². The molecule has 1 saturated heterocycles. The zero-order chi connectivity index (χ0) is 12.0. The van der Waals surface area contributed by atoms with Gasteiger partial charge in [0.15, 0.2) is 0 Å². The van der Waals surface area contributed by atoms with Gasteiger partial charge in [-0.2, -0.15) is 0 Å². The summed E-state index contributed by atoms with van der Waals surface area (Å²) in [5.74, 6) is 0.748. The predicted octanol–water partition coefficient (Wildman–Crippen LogP) is 3.80. The van der Waals surface area contributed by atoms with E-state index in [0.717, 1.165) is 12.5 Å². The molecule has 0 aromatic heterocycles. The van der Waals surface area contributed by atoms with E-state index in [1.54, 1.807) is 0 Å². The second kappa shape index (κ2) is 6.70. The first-order valence-electron chi connectivity index (χ1n) is 6.27. The fraction of sp³-hybridized carbons (Fsp3) is 0.600. The molecule has 0 aliphatic carbocycles. The minimum Gasteiger partial charge on any atom is -0.299 e. The van der Waals surface area contributed by atoms with E-state index in [1.165, 1.54) is 37.1 Å². The molecule has 0 aromatic carbocycles. The zero-order valence-corrected chi connectivity index (χ0v) is 11.0. The topological polar surface area (TPSA) is 3.24 Å². The van der Waals surface area contributed by atoms with Gasteiger partial charge in [0.2, 0.25) is 0 Å². The molecule has 1 aliphatic rings. The molecule has 1 nitrogen and oxygen atoms in total. The molecule has 0 spiro atoms. The number of allylic oxidation sites excluding steroid dienone is 4. The van der Waals surface area contributed by atoms with Crippen molar-refractivity contribution in [3.05, 3.63) is 36.0 Å². The van der Waals surface area contributed by atoms with E-state index < -0.39 is 0 Å². The van der Waals surface area contributed by atoms with Crippen LogP contribution in [0, 0.1) is 5.92 Å². The largest absolute Gasteiger partial charge is 0.299 e. The maximum absolute atomic E-state index is 3.88. The molecule has 1 aliphatic heterocycles. The van der Waals surface area contributed by atoms with Crippen LogP contribution < -0.4 is 0 Å². The van der Waals surface area contributed by atoms with Crippen LogP contribution in [-0.2, 0) is 0 Å². The Balaban J connectivity index is 2.36. The molecule has 0 N–H and O–H groups in total. The molecule has 0 bridgehead atoms. The second-order valence-electron chi connectivity index (χ2n) is 5.11. The Morgan fingerprint density at radius 2 is 1.81 bits per heavy atom. The monoisotopic (exact) mass is 219 g/mol. The highest BCUT2D eigenvalue weighted by atomic mass is 15.1. The number of hydrogen-bond donors (Lipinski definition) is 0. The first-order chi connectivity index (χ1) is 7.61. The quantitative estimate of drug-likeness (QED) is 0.513. The summed E-state index contributed by atoms with van der Waals surface area (Å²) in [6.45, 7) is 13.9. The maximum atomic E-state index is 3.88. The normalized spacial score (nSPS) is 19.6. The van der Waals surface area contributed by atoms with Crippen LogP contribution in [0.25, 0.3) is 0 Å². The van der Waals surface area contributed by atoms with Crippen molar-refractivity contribution in [2.75, 3.05) is 19.6 Å². The van der Waals surface area contributed by atoms with Crippen molar-refractivity contribution < 1.29 is 0 Å². The van der Waals surface area contributed by atoms with Crippen molar-refractivity contribution in [3.63, 3.8) is 0 Å². The van der Waals surface area contributed by atoms with Crippen LogP contribution in [0.3, 0.4) is 0 Å². The van der Waals surface area contributed by atoms with E-state index in [2.05, 4.69) is 50.5 Å². The van der Waals surface area contributed by atoms with Crippen LogP contribution in [-0.4, -0.2) is 24.5 Å². The zero-order valence-electron chi connectivity index (χ0n) is 11.0. The molecule has 0 atom stereocenters. The summed E-state index contributed by atoms with van der Waals surface area (Å²) in [5.41, 5.74) is 2.82. The molecule has 0 radical (unpaired) electrons. The highest BCUT2D eigenvalue weighted by molar-refractivity contribution is 5.15. The van der Waals surface area contributed by atoms with E-state index in [-0.39, 0.29) is 0 Å². The van der Waals surface area contributed by atoms with Gasteiger partial charge in [0.25, 0.3) is 0 Å². The Hall–Kier alpha value is -0.820. The summed E-state index contributed by atoms with van der Waals surface area (Å²) in [7, 11) is 0. The van der Waals surface area contributed by atoms with Crippen LogP contribution >= 0.6 is 0 Å². The van der Waals surface area contributed by atoms with Crippen molar-refractivity contribution in [2.45, 2.75) is 33.6 Å². The SMILES string of the molecule is C=CC1CCN(C/C(C)=C/C=C(C)C)CC1. The summed E-state index contributed by atoms with van der Waals surface area (Å²) in [6.07, 6.45) is 9.11. The van der Waals surface area contributed by atoms with Gasteiger partial charge < -0.3 is 0 Å². The van der Waals surface area contributed by atoms with Crippen molar-refractivity contribution in [1.82, 2.24) is 4.90 Å². The minimum atomic E-state index is 0.748. The molecule has 16 heavy (non-hydrogen) atoms. The first-order valence-corrected chi connectivity index (χ1v) is 6.27. The lowest BCUT2D eigenvalue weighted by molar-refractivity contribution is 0.218. The third kappa shape index (κ3) is 4.80. The first kappa shape index (κ1) is 13.2. The van der Waals surface area contributed by atoms with E-state index in [0.29, 0.717) is 0 Å². The number of rotatable bonds is 4. The van der Waals surface area contributed by atoms with Crippen LogP contribution in [0.2, 0.25) is 0 Å². The Morgan fingerprint density at radius 3 is 2.31 bits per heavy atom. The lowest BCUT2D eigenvalue weighted by Gasteiger charge is -2.30. The average molecular weight is 219 g/mol. The number of hydrogen-bond acceptors (Lipinski definition) is 1. The molecule has 0 unspecified atom stereocenters. The number of piperidine rings is 1. The smallest absolute Gasteiger partial charge is 0.0193 e. The van der Waals surface area contributed by atoms with Crippen molar-refractivity contribution in [1.29, 1.82) is 0 Å². The molecule has 0 amide bonds. The van der Waals surface area contributed by atoms with Crippen molar-refractivity contribution in [3.8, 4) is 0 Å². The lowest BCUT2D eigenvalue weighted by atomic mass is 9.97. The fourth-order valence-electron chi connectivity index (χ4n) is 2.06. The Bertz CT molecular complexity index is 274. The standard InChI is InChI=1S/C15H25N/c1-5-15-8-10-16(11-9-15)12-14(4)7-6-13(2)3/h5-7,15H,1,8-12H2,2-4H3/b14-7+. The van der Waals surface area contributed by atoms with Crippen LogP contribution in [0.15, 0.2) is 36.0 Å². The summed E-state index contributed by atoms with van der Waals surface area (Å²) in [5, 5.41) is 0. The molecule has 1 fully saturated rings. The molecular formula is C15H25N. The van der Waals surface area contributed by atoms with Gasteiger partial charge in [-0.3, -0.25) is 4.90 Å². The van der Waals surface area contributed by atoms with Gasteiger partial charge in [-0.25, -0.2) is 0 Å². The molecule has 1 heterocycles. The van der Waals surface area contributed by atoms with E-state index in [4.69, 9.17) is 0 Å². The van der Waals surface area contributed by atoms with Crippen LogP contribution in [0.5, 0.6) is 0 Å². The van der Waals surface area contributed by atoms with Gasteiger partial charge in [0.05, 0.1) is 0 Å². The summed E-state index contributed by atoms with van der Waals surface area (Å²) < 4.78 is 0. The Kier molecular flexibility index (Phi) is 5.54. The number of nitrogens with zero attached hydrogens (tertiary/aromatic N) is 1. The molecular weight excluding hydrogens is 194 g/mol. The molecule has 0 aromatic rings. The predicted molar refractivity (Wildman–Crippen MR) is 72.5 cm³/mol. The van der Waals surface area contributed by atoms with Crippen LogP contribution in [0.4, 0.5) is 0 Å². The molecule has 90 valence electrons. The fourth-order valence-corrected chi connectivity index (χ4v) is 2.06. The van der Waals surface area contributed by atoms with E-state index >= 15 is 0 Å². The van der Waals surface area contributed by atoms with Gasteiger partial charge in [-0.15, -0.1) is 6.58 Å². The Labute approximate surface area is 101 Å². The van der Waals surface area contributed by atoms with Crippen molar-refractivity contribution in [2.24, 2.45) is 5.92 Å². The van der Waals surface area contributed by atoms with Gasteiger partial charge in [-0.1, -0.05) is 29.4 Å². The summed E-state index contributed by atoms with van der Waals surface area (Å²) in [4.78, 5) is 2.55. The number of likely N-dealkylation sites (tertiary alicyclic amines) is 1. The third-order valence-corrected chi connectivity index (χ3v) is 3.14. The van der Waals surface area contributed by atoms with Gasteiger partial charge >= 0.3 is 0 Å². The highest BCUT2D eigenvalue weighted by Gasteiger charge is 2.16. The van der Waals surface area contributed by atoms with Crippen LogP contribution in [0.1, 0.15) is 33.6 Å². The summed E-state index contributed by atoms with van der Waals surface area (Å²) in [6, 6.07) is 0.